The van der Waals surface area contributed by atoms with Crippen LogP contribution in [0.3, 0.4) is 0 Å². The summed E-state index contributed by atoms with van der Waals surface area (Å²) in [6.07, 6.45) is 8.66. The Hall–Kier alpha value is -0.570. The Morgan fingerprint density at radius 3 is 2.61 bits per heavy atom. The van der Waals surface area contributed by atoms with Gasteiger partial charge in [0.15, 0.2) is 0 Å². The minimum absolute atomic E-state index is 0.349. The first-order chi connectivity index (χ1) is 8.68. The normalized spacial score (nSPS) is 27.1. The van der Waals surface area contributed by atoms with Gasteiger partial charge in [0.25, 0.3) is 0 Å². The second-order valence-electron chi connectivity index (χ2n) is 6.23. The number of amides is 1. The van der Waals surface area contributed by atoms with Gasteiger partial charge in [-0.15, -0.1) is 0 Å². The second-order valence-corrected chi connectivity index (χ2v) is 6.23. The van der Waals surface area contributed by atoms with Crippen molar-refractivity contribution in [2.24, 2.45) is 11.8 Å². The van der Waals surface area contributed by atoms with Crippen LogP contribution in [0, 0.1) is 11.8 Å². The van der Waals surface area contributed by atoms with Gasteiger partial charge in [0.2, 0.25) is 5.91 Å². The minimum atomic E-state index is 0.349. The van der Waals surface area contributed by atoms with Gasteiger partial charge in [-0.05, 0) is 24.8 Å². The first-order valence-corrected chi connectivity index (χ1v) is 7.65. The monoisotopic (exact) mass is 252 g/mol. The van der Waals surface area contributed by atoms with Crippen LogP contribution in [0.25, 0.3) is 0 Å². The van der Waals surface area contributed by atoms with Crippen molar-refractivity contribution < 1.29 is 4.79 Å². The number of nitrogens with one attached hydrogen (secondary N) is 1. The van der Waals surface area contributed by atoms with E-state index in [0.717, 1.165) is 31.8 Å². The highest BCUT2D eigenvalue weighted by molar-refractivity contribution is 5.76. The van der Waals surface area contributed by atoms with Crippen LogP contribution in [0.5, 0.6) is 0 Å². The number of hydrogen-bond donors (Lipinski definition) is 1. The first-order valence-electron chi connectivity index (χ1n) is 7.65. The van der Waals surface area contributed by atoms with Gasteiger partial charge in [-0.3, -0.25) is 4.79 Å². The van der Waals surface area contributed by atoms with E-state index in [1.54, 1.807) is 0 Å². The Kier molecular flexibility index (Phi) is 5.04. The van der Waals surface area contributed by atoms with Crippen LogP contribution >= 0.6 is 0 Å². The lowest BCUT2D eigenvalue weighted by molar-refractivity contribution is -0.133. The summed E-state index contributed by atoms with van der Waals surface area (Å²) in [5.74, 6) is 1.70. The summed E-state index contributed by atoms with van der Waals surface area (Å²) in [4.78, 5) is 14.3. The van der Waals surface area contributed by atoms with Crippen molar-refractivity contribution in [3.63, 3.8) is 0 Å². The highest BCUT2D eigenvalue weighted by Gasteiger charge is 2.27. The largest absolute Gasteiger partial charge is 0.341 e. The summed E-state index contributed by atoms with van der Waals surface area (Å²) in [6.45, 7) is 4.30. The minimum Gasteiger partial charge on any atom is -0.341 e. The molecule has 1 aliphatic heterocycles. The Balaban J connectivity index is 1.78. The van der Waals surface area contributed by atoms with Crippen molar-refractivity contribution in [1.29, 1.82) is 0 Å². The number of nitrogens with zero attached hydrogens (tertiary/aromatic N) is 1. The van der Waals surface area contributed by atoms with Crippen molar-refractivity contribution >= 4 is 5.91 Å². The molecule has 0 radical (unpaired) electrons. The smallest absolute Gasteiger partial charge is 0.222 e. The summed E-state index contributed by atoms with van der Waals surface area (Å²) in [6, 6.07) is 0.427. The fourth-order valence-electron chi connectivity index (χ4n) is 3.46. The third-order valence-electron chi connectivity index (χ3n) is 4.93. The SMILES string of the molecule is CC(CC(=O)N(C)C1CCNC1)C1CCCCC1. The highest BCUT2D eigenvalue weighted by atomic mass is 16.2. The zero-order valence-electron chi connectivity index (χ0n) is 12.0. The number of rotatable bonds is 4. The van der Waals surface area contributed by atoms with Crippen LogP contribution in [0.15, 0.2) is 0 Å². The summed E-state index contributed by atoms with van der Waals surface area (Å²) in [7, 11) is 1.98. The molecule has 2 unspecified atom stereocenters. The second kappa shape index (κ2) is 6.55. The molecule has 1 amide bonds. The van der Waals surface area contributed by atoms with Gasteiger partial charge in [-0.25, -0.2) is 0 Å². The lowest BCUT2D eigenvalue weighted by Crippen LogP contribution is -2.39. The molecule has 0 bridgehead atoms. The highest BCUT2D eigenvalue weighted by Crippen LogP contribution is 2.31. The third-order valence-corrected chi connectivity index (χ3v) is 4.93. The predicted molar refractivity (Wildman–Crippen MR) is 74.4 cm³/mol. The predicted octanol–water partition coefficient (Wildman–Crippen LogP) is 2.41. The molecule has 0 aromatic rings. The molecule has 0 aromatic carbocycles. The van der Waals surface area contributed by atoms with E-state index < -0.39 is 0 Å². The Morgan fingerprint density at radius 2 is 2.00 bits per heavy atom. The Morgan fingerprint density at radius 1 is 1.28 bits per heavy atom. The summed E-state index contributed by atoms with van der Waals surface area (Å²) in [5, 5.41) is 3.33. The molecule has 0 spiro atoms. The van der Waals surface area contributed by atoms with Crippen LogP contribution < -0.4 is 5.32 Å². The molecular weight excluding hydrogens is 224 g/mol. The molecule has 2 rings (SSSR count). The standard InChI is InChI=1S/C15H28N2O/c1-12(13-6-4-3-5-7-13)10-15(18)17(2)14-8-9-16-11-14/h12-14,16H,3-11H2,1-2H3. The summed E-state index contributed by atoms with van der Waals surface area (Å²) in [5.41, 5.74) is 0. The van der Waals surface area contributed by atoms with E-state index in [1.165, 1.54) is 32.1 Å². The average Bonchev–Trinajstić information content (AvgIpc) is 2.92. The summed E-state index contributed by atoms with van der Waals surface area (Å²) >= 11 is 0. The van der Waals surface area contributed by atoms with Crippen LogP contribution in [0.2, 0.25) is 0 Å². The van der Waals surface area contributed by atoms with Gasteiger partial charge in [0, 0.05) is 26.1 Å². The van der Waals surface area contributed by atoms with Crippen LogP contribution in [0.1, 0.15) is 51.9 Å². The van der Waals surface area contributed by atoms with Crippen molar-refractivity contribution in [3.05, 3.63) is 0 Å². The molecule has 18 heavy (non-hydrogen) atoms. The molecule has 3 heteroatoms. The molecule has 1 saturated heterocycles. The number of carbonyl (C=O) groups is 1. The van der Waals surface area contributed by atoms with Crippen LogP contribution in [-0.2, 0) is 4.79 Å². The van der Waals surface area contributed by atoms with E-state index in [2.05, 4.69) is 12.2 Å². The molecule has 1 aliphatic carbocycles. The van der Waals surface area contributed by atoms with Crippen molar-refractivity contribution in [3.8, 4) is 0 Å². The average molecular weight is 252 g/mol. The van der Waals surface area contributed by atoms with E-state index in [1.807, 2.05) is 11.9 Å². The maximum Gasteiger partial charge on any atom is 0.222 e. The summed E-state index contributed by atoms with van der Waals surface area (Å²) < 4.78 is 0. The molecule has 3 nitrogen and oxygen atoms in total. The molecule has 1 heterocycles. The maximum absolute atomic E-state index is 12.3. The zero-order chi connectivity index (χ0) is 13.0. The molecular formula is C15H28N2O. The molecule has 1 N–H and O–H groups in total. The molecule has 2 atom stereocenters. The van der Waals surface area contributed by atoms with Gasteiger partial charge < -0.3 is 10.2 Å². The zero-order valence-corrected chi connectivity index (χ0v) is 12.0. The molecule has 1 saturated carbocycles. The van der Waals surface area contributed by atoms with Crippen molar-refractivity contribution in [2.45, 2.75) is 57.9 Å². The van der Waals surface area contributed by atoms with Crippen molar-refractivity contribution in [1.82, 2.24) is 10.2 Å². The number of carbonyl (C=O) groups excluding carboxylic acids is 1. The topological polar surface area (TPSA) is 32.3 Å². The van der Waals surface area contributed by atoms with Gasteiger partial charge in [0.1, 0.15) is 0 Å². The first kappa shape index (κ1) is 13.9. The lowest BCUT2D eigenvalue weighted by atomic mass is 9.79. The quantitative estimate of drug-likeness (QED) is 0.833. The van der Waals surface area contributed by atoms with Gasteiger partial charge in [0.05, 0.1) is 0 Å². The number of hydrogen-bond acceptors (Lipinski definition) is 2. The molecule has 2 fully saturated rings. The Bertz CT molecular complexity index is 268. The lowest BCUT2D eigenvalue weighted by Gasteiger charge is -2.30. The fourth-order valence-corrected chi connectivity index (χ4v) is 3.46. The maximum atomic E-state index is 12.3. The van der Waals surface area contributed by atoms with E-state index in [9.17, 15) is 4.79 Å². The molecule has 2 aliphatic rings. The molecule has 104 valence electrons. The van der Waals surface area contributed by atoms with Gasteiger partial charge in [-0.2, -0.15) is 0 Å². The van der Waals surface area contributed by atoms with E-state index in [-0.39, 0.29) is 0 Å². The van der Waals surface area contributed by atoms with Gasteiger partial charge in [-0.1, -0.05) is 39.0 Å². The number of likely N-dealkylation sites (N-methyl/N-ethyl adjacent to an activating group) is 1. The van der Waals surface area contributed by atoms with E-state index >= 15 is 0 Å². The van der Waals surface area contributed by atoms with E-state index in [4.69, 9.17) is 0 Å². The van der Waals surface area contributed by atoms with Gasteiger partial charge >= 0.3 is 0 Å². The fraction of sp³-hybridized carbons (Fsp3) is 0.933. The van der Waals surface area contributed by atoms with E-state index in [0.29, 0.717) is 17.9 Å². The van der Waals surface area contributed by atoms with Crippen LogP contribution in [-0.4, -0.2) is 37.0 Å². The third kappa shape index (κ3) is 3.47. The van der Waals surface area contributed by atoms with Crippen molar-refractivity contribution in [2.75, 3.05) is 20.1 Å². The Labute approximate surface area is 111 Å². The van der Waals surface area contributed by atoms with Crippen LogP contribution in [0.4, 0.5) is 0 Å². The molecule has 0 aromatic heterocycles.